The number of carbonyl (C=O) groups excluding carboxylic acids is 1. The first-order chi connectivity index (χ1) is 20.3. The molecule has 1 N–H and O–H groups in total. The molecule has 2 aromatic carbocycles. The average Bonchev–Trinajstić information content (AvgIpc) is 3.50. The number of halogens is 1. The summed E-state index contributed by atoms with van der Waals surface area (Å²) in [6.45, 7) is 11.4. The van der Waals surface area contributed by atoms with Crippen molar-refractivity contribution in [3.63, 3.8) is 0 Å². The van der Waals surface area contributed by atoms with Crippen molar-refractivity contribution in [3.8, 4) is 16.9 Å². The molecule has 3 heterocycles. The Morgan fingerprint density at radius 3 is 2.44 bits per heavy atom. The third kappa shape index (κ3) is 5.91. The normalized spacial score (nSPS) is 11.8. The summed E-state index contributed by atoms with van der Waals surface area (Å²) in [4.78, 5) is 19.8. The Balaban J connectivity index is 1.60. The summed E-state index contributed by atoms with van der Waals surface area (Å²) in [5, 5.41) is 4.80. The van der Waals surface area contributed by atoms with Crippen molar-refractivity contribution in [1.82, 2.24) is 10.1 Å². The van der Waals surface area contributed by atoms with E-state index in [0.29, 0.717) is 62.6 Å². The standard InChI is InChI=1S/C32H32ClN3O5S2/c1-16(2)12-24-19(5)34-28-11-9-22(40-7)15-26(28)29(24)30(37)21-8-10-23(27(33)14-21)25-13-17(3)42-32(25)43(38,39)36-31-18(4)20(6)41-35-31/h8-11,13-16H,12H2,1-7H3,(H,35,36). The molecule has 3 aromatic heterocycles. The molecule has 0 aliphatic carbocycles. The first-order valence-corrected chi connectivity index (χ1v) is 16.4. The van der Waals surface area contributed by atoms with Crippen LogP contribution < -0.4 is 9.46 Å². The number of nitrogens with zero attached hydrogens (tertiary/aromatic N) is 2. The molecule has 43 heavy (non-hydrogen) atoms. The summed E-state index contributed by atoms with van der Waals surface area (Å²) >= 11 is 7.94. The van der Waals surface area contributed by atoms with Crippen LogP contribution in [0.15, 0.2) is 51.2 Å². The topological polar surface area (TPSA) is 111 Å². The molecule has 8 nitrogen and oxygen atoms in total. The minimum Gasteiger partial charge on any atom is -0.497 e. The maximum absolute atomic E-state index is 14.2. The molecule has 0 bridgehead atoms. The lowest BCUT2D eigenvalue weighted by Crippen LogP contribution is -2.13. The molecule has 0 saturated heterocycles. The molecule has 0 fully saturated rings. The van der Waals surface area contributed by atoms with Gasteiger partial charge in [0.15, 0.2) is 11.6 Å². The van der Waals surface area contributed by atoms with Gasteiger partial charge in [0.1, 0.15) is 15.7 Å². The number of ketones is 1. The van der Waals surface area contributed by atoms with Crippen LogP contribution in [0.25, 0.3) is 22.0 Å². The number of benzene rings is 2. The smallest absolute Gasteiger partial charge is 0.273 e. The van der Waals surface area contributed by atoms with Gasteiger partial charge >= 0.3 is 0 Å². The van der Waals surface area contributed by atoms with Crippen molar-refractivity contribution in [2.75, 3.05) is 11.8 Å². The number of thiophene rings is 1. The van der Waals surface area contributed by atoms with E-state index < -0.39 is 10.0 Å². The molecular weight excluding hydrogens is 606 g/mol. The molecule has 0 aliphatic rings. The SMILES string of the molecule is COc1ccc2nc(C)c(CC(C)C)c(C(=O)c3ccc(-c4cc(C)sc4S(=O)(=O)Nc4noc(C)c4C)c(Cl)c3)c2c1. The zero-order chi connectivity index (χ0) is 31.2. The number of fused-ring (bicyclic) bond motifs is 1. The van der Waals surface area contributed by atoms with Gasteiger partial charge in [-0.05, 0) is 75.9 Å². The molecule has 0 radical (unpaired) electrons. The summed E-state index contributed by atoms with van der Waals surface area (Å²) in [6, 6.07) is 12.3. The Hall–Kier alpha value is -3.73. The lowest BCUT2D eigenvalue weighted by atomic mass is 9.89. The van der Waals surface area contributed by atoms with Gasteiger partial charge in [-0.25, -0.2) is 8.42 Å². The van der Waals surface area contributed by atoms with Gasteiger partial charge < -0.3 is 9.26 Å². The highest BCUT2D eigenvalue weighted by Gasteiger charge is 2.27. The van der Waals surface area contributed by atoms with Gasteiger partial charge in [-0.3, -0.25) is 14.5 Å². The molecule has 0 atom stereocenters. The summed E-state index contributed by atoms with van der Waals surface area (Å²) in [5.74, 6) is 1.39. The van der Waals surface area contributed by atoms with Crippen molar-refractivity contribution in [1.29, 1.82) is 0 Å². The Labute approximate surface area is 260 Å². The molecule has 11 heteroatoms. The zero-order valence-corrected chi connectivity index (χ0v) is 27.3. The van der Waals surface area contributed by atoms with Crippen molar-refractivity contribution >= 4 is 55.5 Å². The number of aromatic nitrogens is 2. The molecule has 5 aromatic rings. The fourth-order valence-corrected chi connectivity index (χ4v) is 8.02. The number of methoxy groups -OCH3 is 1. The van der Waals surface area contributed by atoms with Crippen LogP contribution in [0.3, 0.4) is 0 Å². The lowest BCUT2D eigenvalue weighted by molar-refractivity contribution is 0.103. The largest absolute Gasteiger partial charge is 0.497 e. The Morgan fingerprint density at radius 2 is 1.81 bits per heavy atom. The van der Waals surface area contributed by atoms with Crippen molar-refractivity contribution < 1.29 is 22.5 Å². The predicted octanol–water partition coefficient (Wildman–Crippen LogP) is 8.08. The van der Waals surface area contributed by atoms with E-state index in [1.807, 2.05) is 32.0 Å². The van der Waals surface area contributed by atoms with E-state index in [1.165, 1.54) is 0 Å². The molecule has 224 valence electrons. The highest BCUT2D eigenvalue weighted by atomic mass is 35.5. The van der Waals surface area contributed by atoms with Crippen molar-refractivity contribution in [3.05, 3.63) is 86.1 Å². The molecule has 0 spiro atoms. The minimum absolute atomic E-state index is 0.0908. The molecular formula is C32H32ClN3O5S2. The van der Waals surface area contributed by atoms with Crippen molar-refractivity contribution in [2.24, 2.45) is 5.92 Å². The average molecular weight is 638 g/mol. The molecule has 0 aliphatic heterocycles. The van der Waals surface area contributed by atoms with Gasteiger partial charge in [0, 0.05) is 48.8 Å². The monoisotopic (exact) mass is 637 g/mol. The summed E-state index contributed by atoms with van der Waals surface area (Å²) in [7, 11) is -2.43. The molecule has 5 rings (SSSR count). The number of hydrogen-bond acceptors (Lipinski definition) is 8. The van der Waals surface area contributed by atoms with Crippen LogP contribution in [0.2, 0.25) is 5.02 Å². The first-order valence-electron chi connectivity index (χ1n) is 13.7. The van der Waals surface area contributed by atoms with E-state index in [1.54, 1.807) is 45.2 Å². The number of sulfonamides is 1. The molecule has 0 amide bonds. The predicted molar refractivity (Wildman–Crippen MR) is 171 cm³/mol. The van der Waals surface area contributed by atoms with E-state index in [4.69, 9.17) is 25.8 Å². The molecule has 0 saturated carbocycles. The van der Waals surface area contributed by atoms with E-state index >= 15 is 0 Å². The Bertz CT molecular complexity index is 1990. The van der Waals surface area contributed by atoms with Crippen LogP contribution in [-0.2, 0) is 16.4 Å². The fourth-order valence-electron chi connectivity index (χ4n) is 5.03. The second-order valence-corrected chi connectivity index (χ2v) is 14.5. The number of hydrogen-bond donors (Lipinski definition) is 1. The van der Waals surface area contributed by atoms with Gasteiger partial charge in [0.2, 0.25) is 0 Å². The maximum atomic E-state index is 14.2. The zero-order valence-electron chi connectivity index (χ0n) is 25.0. The van der Waals surface area contributed by atoms with Gasteiger partial charge in [0.25, 0.3) is 10.0 Å². The van der Waals surface area contributed by atoms with Gasteiger partial charge in [-0.2, -0.15) is 0 Å². The number of pyridine rings is 1. The lowest BCUT2D eigenvalue weighted by Gasteiger charge is -2.17. The van der Waals surface area contributed by atoms with Gasteiger partial charge in [-0.15, -0.1) is 11.3 Å². The van der Waals surface area contributed by atoms with Crippen LogP contribution in [0.4, 0.5) is 5.82 Å². The number of nitrogens with one attached hydrogen (secondary N) is 1. The van der Waals surface area contributed by atoms with Crippen molar-refractivity contribution in [2.45, 2.75) is 52.2 Å². The third-order valence-corrected chi connectivity index (χ3v) is 10.6. The third-order valence-electron chi connectivity index (χ3n) is 7.31. The number of aryl methyl sites for hydroxylation is 3. The Kier molecular flexibility index (Phi) is 8.39. The van der Waals surface area contributed by atoms with E-state index in [9.17, 15) is 13.2 Å². The summed E-state index contributed by atoms with van der Waals surface area (Å²) < 4.78 is 40.2. The second-order valence-electron chi connectivity index (χ2n) is 10.9. The molecule has 0 unspecified atom stereocenters. The first kappa shape index (κ1) is 30.7. The second kappa shape index (κ2) is 11.7. The quantitative estimate of drug-likeness (QED) is 0.163. The minimum atomic E-state index is -4.02. The number of carbonyl (C=O) groups is 1. The number of anilines is 1. The summed E-state index contributed by atoms with van der Waals surface area (Å²) in [5.41, 5.74) is 4.87. The highest BCUT2D eigenvalue weighted by molar-refractivity contribution is 7.94. The number of ether oxygens (including phenoxy) is 1. The number of rotatable bonds is 9. The maximum Gasteiger partial charge on any atom is 0.273 e. The van der Waals surface area contributed by atoms with Gasteiger partial charge in [-0.1, -0.05) is 42.7 Å². The van der Waals surface area contributed by atoms with E-state index in [2.05, 4.69) is 23.7 Å². The van der Waals surface area contributed by atoms with Crippen LogP contribution >= 0.6 is 22.9 Å². The Morgan fingerprint density at radius 1 is 1.07 bits per heavy atom. The summed E-state index contributed by atoms with van der Waals surface area (Å²) in [6.07, 6.45) is 0.672. The van der Waals surface area contributed by atoms with Crippen LogP contribution in [0.5, 0.6) is 5.75 Å². The van der Waals surface area contributed by atoms with E-state index in [0.717, 1.165) is 27.5 Å². The highest BCUT2D eigenvalue weighted by Crippen LogP contribution is 2.40. The fraction of sp³-hybridized carbons (Fsp3) is 0.281. The van der Waals surface area contributed by atoms with Gasteiger partial charge in [0.05, 0.1) is 12.6 Å². The van der Waals surface area contributed by atoms with Crippen LogP contribution in [-0.4, -0.2) is 31.5 Å². The van der Waals surface area contributed by atoms with Crippen LogP contribution in [0.1, 0.15) is 57.2 Å². The van der Waals surface area contributed by atoms with E-state index in [-0.39, 0.29) is 20.8 Å². The van der Waals surface area contributed by atoms with Crippen LogP contribution in [0, 0.1) is 33.6 Å².